The van der Waals surface area contributed by atoms with Crippen molar-refractivity contribution in [3.05, 3.63) is 28.8 Å². The number of piperidine rings is 1. The van der Waals surface area contributed by atoms with Crippen LogP contribution in [0.2, 0.25) is 5.02 Å². The normalized spacial score (nSPS) is 27.3. The molecular weight excluding hydrogens is 270 g/mol. The van der Waals surface area contributed by atoms with E-state index in [-0.39, 0.29) is 16.8 Å². The van der Waals surface area contributed by atoms with Gasteiger partial charge in [-0.05, 0) is 38.3 Å². The predicted molar refractivity (Wildman–Crippen MR) is 72.6 cm³/mol. The number of fused-ring (bicyclic) bond motifs is 1. The zero-order valence-corrected chi connectivity index (χ0v) is 11.4. The zero-order chi connectivity index (χ0) is 13.4. The van der Waals surface area contributed by atoms with Gasteiger partial charge in [-0.2, -0.15) is 0 Å². The second-order valence-electron chi connectivity index (χ2n) is 5.44. The Morgan fingerprint density at radius 3 is 2.84 bits per heavy atom. The van der Waals surface area contributed by atoms with Crippen LogP contribution in [0.25, 0.3) is 0 Å². The highest BCUT2D eigenvalue weighted by molar-refractivity contribution is 6.33. The molecule has 2 aliphatic rings. The van der Waals surface area contributed by atoms with Gasteiger partial charge in [-0.3, -0.25) is 0 Å². The van der Waals surface area contributed by atoms with Crippen LogP contribution < -0.4 is 5.32 Å². The number of nitrogens with one attached hydrogen (secondary N) is 1. The van der Waals surface area contributed by atoms with Crippen LogP contribution in [-0.2, 0) is 0 Å². The average molecular weight is 287 g/mol. The van der Waals surface area contributed by atoms with E-state index in [0.29, 0.717) is 6.04 Å². The SMILES string of the molecule is Fc1cc(F)c(NC2CCN3CCCC3C2)c(Cl)c1. The molecule has 104 valence electrons. The van der Waals surface area contributed by atoms with E-state index in [1.807, 2.05) is 0 Å². The van der Waals surface area contributed by atoms with Crippen molar-refractivity contribution in [1.82, 2.24) is 4.90 Å². The van der Waals surface area contributed by atoms with Crippen LogP contribution in [0.15, 0.2) is 12.1 Å². The molecule has 0 radical (unpaired) electrons. The van der Waals surface area contributed by atoms with E-state index in [4.69, 9.17) is 11.6 Å². The van der Waals surface area contributed by atoms with E-state index in [2.05, 4.69) is 10.2 Å². The van der Waals surface area contributed by atoms with Gasteiger partial charge >= 0.3 is 0 Å². The first-order valence-electron chi connectivity index (χ1n) is 6.78. The molecule has 0 saturated carbocycles. The van der Waals surface area contributed by atoms with Gasteiger partial charge in [-0.1, -0.05) is 11.6 Å². The van der Waals surface area contributed by atoms with Gasteiger partial charge in [0.05, 0.1) is 10.7 Å². The lowest BCUT2D eigenvalue weighted by Crippen LogP contribution is -2.42. The third kappa shape index (κ3) is 2.70. The Bertz CT molecular complexity index is 458. The number of anilines is 1. The first kappa shape index (κ1) is 13.1. The van der Waals surface area contributed by atoms with Gasteiger partial charge in [0, 0.05) is 24.7 Å². The van der Waals surface area contributed by atoms with E-state index >= 15 is 0 Å². The molecule has 3 rings (SSSR count). The second kappa shape index (κ2) is 5.25. The Morgan fingerprint density at radius 1 is 1.21 bits per heavy atom. The van der Waals surface area contributed by atoms with Crippen molar-refractivity contribution >= 4 is 17.3 Å². The molecule has 0 bridgehead atoms. The van der Waals surface area contributed by atoms with Crippen LogP contribution in [0.4, 0.5) is 14.5 Å². The van der Waals surface area contributed by atoms with Crippen molar-refractivity contribution in [2.75, 3.05) is 18.4 Å². The summed E-state index contributed by atoms with van der Waals surface area (Å²) in [5, 5.41) is 3.27. The summed E-state index contributed by atoms with van der Waals surface area (Å²) in [6.45, 7) is 2.23. The summed E-state index contributed by atoms with van der Waals surface area (Å²) in [4.78, 5) is 2.50. The van der Waals surface area contributed by atoms with Crippen molar-refractivity contribution in [2.24, 2.45) is 0 Å². The fraction of sp³-hybridized carbons (Fsp3) is 0.571. The van der Waals surface area contributed by atoms with Crippen LogP contribution in [0.1, 0.15) is 25.7 Å². The van der Waals surface area contributed by atoms with Crippen LogP contribution in [0, 0.1) is 11.6 Å². The van der Waals surface area contributed by atoms with Crippen LogP contribution in [0.5, 0.6) is 0 Å². The molecule has 1 aromatic carbocycles. The molecule has 2 atom stereocenters. The van der Waals surface area contributed by atoms with Crippen LogP contribution in [-0.4, -0.2) is 30.1 Å². The van der Waals surface area contributed by atoms with Crippen LogP contribution in [0.3, 0.4) is 0 Å². The summed E-state index contributed by atoms with van der Waals surface area (Å²) in [7, 11) is 0. The van der Waals surface area contributed by atoms with Crippen molar-refractivity contribution in [3.8, 4) is 0 Å². The molecule has 2 heterocycles. The molecule has 1 aromatic rings. The highest BCUT2D eigenvalue weighted by atomic mass is 35.5. The van der Waals surface area contributed by atoms with Crippen molar-refractivity contribution in [1.29, 1.82) is 0 Å². The van der Waals surface area contributed by atoms with Gasteiger partial charge in [0.1, 0.15) is 5.82 Å². The summed E-state index contributed by atoms with van der Waals surface area (Å²) in [5.74, 6) is -1.25. The third-order valence-electron chi connectivity index (χ3n) is 4.18. The quantitative estimate of drug-likeness (QED) is 0.893. The number of nitrogens with zero attached hydrogens (tertiary/aromatic N) is 1. The molecule has 2 saturated heterocycles. The monoisotopic (exact) mass is 286 g/mol. The molecule has 2 fully saturated rings. The molecule has 5 heteroatoms. The minimum atomic E-state index is -0.640. The van der Waals surface area contributed by atoms with Gasteiger partial charge in [0.25, 0.3) is 0 Å². The van der Waals surface area contributed by atoms with Gasteiger partial charge in [-0.15, -0.1) is 0 Å². The number of hydrogen-bond acceptors (Lipinski definition) is 2. The van der Waals surface area contributed by atoms with Crippen LogP contribution >= 0.6 is 11.6 Å². The summed E-state index contributed by atoms with van der Waals surface area (Å²) in [6, 6.07) is 2.85. The maximum atomic E-state index is 13.7. The zero-order valence-electron chi connectivity index (χ0n) is 10.6. The molecule has 2 aliphatic heterocycles. The Balaban J connectivity index is 1.72. The molecule has 2 nitrogen and oxygen atoms in total. The molecule has 0 amide bonds. The maximum Gasteiger partial charge on any atom is 0.150 e. The lowest BCUT2D eigenvalue weighted by Gasteiger charge is -2.35. The number of halogens is 3. The Labute approximate surface area is 116 Å². The van der Waals surface area contributed by atoms with E-state index < -0.39 is 11.6 Å². The average Bonchev–Trinajstić information content (AvgIpc) is 2.81. The van der Waals surface area contributed by atoms with Crippen molar-refractivity contribution < 1.29 is 8.78 Å². The van der Waals surface area contributed by atoms with Crippen molar-refractivity contribution in [2.45, 2.75) is 37.8 Å². The predicted octanol–water partition coefficient (Wildman–Crippen LogP) is 3.66. The Kier molecular flexibility index (Phi) is 3.63. The molecule has 0 aromatic heterocycles. The van der Waals surface area contributed by atoms with E-state index in [1.54, 1.807) is 0 Å². The molecule has 2 unspecified atom stereocenters. The third-order valence-corrected chi connectivity index (χ3v) is 4.47. The lowest BCUT2D eigenvalue weighted by atomic mass is 9.97. The fourth-order valence-corrected chi connectivity index (χ4v) is 3.49. The molecule has 19 heavy (non-hydrogen) atoms. The standard InChI is InChI=1S/C14H17ClF2N2/c15-12-6-9(16)7-13(17)14(12)18-10-3-5-19-4-1-2-11(19)8-10/h6-7,10-11,18H,1-5,8H2. The molecule has 0 aliphatic carbocycles. The van der Waals surface area contributed by atoms with Gasteiger partial charge < -0.3 is 10.2 Å². The van der Waals surface area contributed by atoms with E-state index in [9.17, 15) is 8.78 Å². The van der Waals surface area contributed by atoms with E-state index in [0.717, 1.165) is 31.5 Å². The summed E-state index contributed by atoms with van der Waals surface area (Å²) >= 11 is 5.91. The summed E-state index contributed by atoms with van der Waals surface area (Å²) in [6.07, 6.45) is 4.46. The fourth-order valence-electron chi connectivity index (χ4n) is 3.24. The first-order chi connectivity index (χ1) is 9.13. The molecular formula is C14H17ClF2N2. The summed E-state index contributed by atoms with van der Waals surface area (Å²) < 4.78 is 26.7. The van der Waals surface area contributed by atoms with Crippen molar-refractivity contribution in [3.63, 3.8) is 0 Å². The number of benzene rings is 1. The largest absolute Gasteiger partial charge is 0.379 e. The molecule has 0 spiro atoms. The minimum Gasteiger partial charge on any atom is -0.379 e. The van der Waals surface area contributed by atoms with E-state index in [1.165, 1.54) is 19.4 Å². The minimum absolute atomic E-state index is 0.117. The smallest absolute Gasteiger partial charge is 0.150 e. The summed E-state index contributed by atoms with van der Waals surface area (Å²) in [5.41, 5.74) is 0.236. The lowest BCUT2D eigenvalue weighted by molar-refractivity contribution is 0.188. The highest BCUT2D eigenvalue weighted by Gasteiger charge is 2.32. The van der Waals surface area contributed by atoms with Gasteiger partial charge in [0.2, 0.25) is 0 Å². The first-order valence-corrected chi connectivity index (χ1v) is 7.16. The topological polar surface area (TPSA) is 15.3 Å². The van der Waals surface area contributed by atoms with Gasteiger partial charge in [-0.25, -0.2) is 8.78 Å². The maximum absolute atomic E-state index is 13.7. The Hall–Kier alpha value is -0.870. The van der Waals surface area contributed by atoms with Gasteiger partial charge in [0.15, 0.2) is 5.82 Å². The highest BCUT2D eigenvalue weighted by Crippen LogP contribution is 2.32. The number of rotatable bonds is 2. The number of hydrogen-bond donors (Lipinski definition) is 1. The molecule has 1 N–H and O–H groups in total. The second-order valence-corrected chi connectivity index (χ2v) is 5.85. The Morgan fingerprint density at radius 2 is 2.05 bits per heavy atom.